The molecule has 9 nitrogen and oxygen atoms in total. The minimum absolute atomic E-state index is 0.0248. The monoisotopic (exact) mass is 297 g/mol. The first-order chi connectivity index (χ1) is 9.97. The van der Waals surface area contributed by atoms with Gasteiger partial charge in [-0.25, -0.2) is 14.3 Å². The van der Waals surface area contributed by atoms with Gasteiger partial charge >= 0.3 is 12.0 Å². The predicted octanol–water partition coefficient (Wildman–Crippen LogP) is -0.0324. The Hall–Kier alpha value is -2.16. The number of amides is 2. The number of carboxylic acids is 1. The van der Waals surface area contributed by atoms with Crippen LogP contribution in [0, 0.1) is 0 Å². The number of carboxylic acid groups (broad SMARTS) is 1. The summed E-state index contributed by atoms with van der Waals surface area (Å²) in [6, 6.07) is -0.180. The average molecular weight is 297 g/mol. The van der Waals surface area contributed by atoms with Crippen molar-refractivity contribution in [2.24, 2.45) is 0 Å². The van der Waals surface area contributed by atoms with E-state index < -0.39 is 5.97 Å². The topological polar surface area (TPSA) is 110 Å². The molecule has 1 aromatic rings. The van der Waals surface area contributed by atoms with Crippen LogP contribution < -0.4 is 5.32 Å². The second kappa shape index (κ2) is 6.53. The Kier molecular flexibility index (Phi) is 4.73. The molecule has 1 aromatic heterocycles. The summed E-state index contributed by atoms with van der Waals surface area (Å²) in [5.41, 5.74) is -0.0938. The van der Waals surface area contributed by atoms with Crippen molar-refractivity contribution in [2.75, 3.05) is 26.2 Å². The molecule has 2 rings (SSSR count). The SMILES string of the molecule is CC(C)OCCNC(=O)N1CC(n2cc(C(=O)O)nn2)C1. The lowest BCUT2D eigenvalue weighted by Gasteiger charge is -2.38. The molecule has 0 radical (unpaired) electrons. The van der Waals surface area contributed by atoms with E-state index >= 15 is 0 Å². The number of nitrogens with zero attached hydrogens (tertiary/aromatic N) is 4. The summed E-state index contributed by atoms with van der Waals surface area (Å²) in [6.07, 6.45) is 1.52. The molecule has 0 bridgehead atoms. The summed E-state index contributed by atoms with van der Waals surface area (Å²) in [6.45, 7) is 5.78. The van der Waals surface area contributed by atoms with Crippen LogP contribution in [-0.2, 0) is 4.74 Å². The molecule has 116 valence electrons. The minimum atomic E-state index is -1.11. The number of likely N-dealkylation sites (tertiary alicyclic amines) is 1. The highest BCUT2D eigenvalue weighted by Crippen LogP contribution is 2.20. The third kappa shape index (κ3) is 3.91. The fourth-order valence-corrected chi connectivity index (χ4v) is 1.91. The summed E-state index contributed by atoms with van der Waals surface area (Å²) in [5.74, 6) is -1.11. The van der Waals surface area contributed by atoms with Crippen LogP contribution in [0.25, 0.3) is 0 Å². The highest BCUT2D eigenvalue weighted by molar-refractivity contribution is 5.84. The quantitative estimate of drug-likeness (QED) is 0.713. The number of rotatable bonds is 6. The van der Waals surface area contributed by atoms with Crippen molar-refractivity contribution in [3.63, 3.8) is 0 Å². The number of hydrogen-bond acceptors (Lipinski definition) is 5. The van der Waals surface area contributed by atoms with Gasteiger partial charge in [-0.05, 0) is 13.8 Å². The number of ether oxygens (including phenoxy) is 1. The van der Waals surface area contributed by atoms with Crippen LogP contribution in [0.4, 0.5) is 4.79 Å². The Balaban J connectivity index is 1.70. The molecule has 1 saturated heterocycles. The highest BCUT2D eigenvalue weighted by Gasteiger charge is 2.33. The Morgan fingerprint density at radius 2 is 2.24 bits per heavy atom. The van der Waals surface area contributed by atoms with Crippen LogP contribution in [0.3, 0.4) is 0 Å². The van der Waals surface area contributed by atoms with Crippen molar-refractivity contribution >= 4 is 12.0 Å². The Bertz CT molecular complexity index is 510. The summed E-state index contributed by atoms with van der Waals surface area (Å²) in [7, 11) is 0. The van der Waals surface area contributed by atoms with Gasteiger partial charge in [0.2, 0.25) is 0 Å². The number of hydrogen-bond donors (Lipinski definition) is 2. The molecule has 2 N–H and O–H groups in total. The average Bonchev–Trinajstić information content (AvgIpc) is 2.82. The van der Waals surface area contributed by atoms with E-state index in [9.17, 15) is 9.59 Å². The largest absolute Gasteiger partial charge is 0.476 e. The van der Waals surface area contributed by atoms with Gasteiger partial charge in [0.05, 0.1) is 24.9 Å². The van der Waals surface area contributed by atoms with E-state index in [-0.39, 0.29) is 23.9 Å². The van der Waals surface area contributed by atoms with Crippen LogP contribution in [-0.4, -0.2) is 69.3 Å². The molecule has 0 atom stereocenters. The van der Waals surface area contributed by atoms with E-state index in [2.05, 4.69) is 15.6 Å². The third-order valence-corrected chi connectivity index (χ3v) is 3.08. The summed E-state index contributed by atoms with van der Waals surface area (Å²) < 4.78 is 6.81. The van der Waals surface area contributed by atoms with Gasteiger partial charge in [0, 0.05) is 19.6 Å². The zero-order valence-corrected chi connectivity index (χ0v) is 12.0. The number of aromatic carboxylic acids is 1. The number of aromatic nitrogens is 3. The molecule has 9 heteroatoms. The van der Waals surface area contributed by atoms with Gasteiger partial charge in [0.25, 0.3) is 0 Å². The van der Waals surface area contributed by atoms with E-state index in [1.807, 2.05) is 13.8 Å². The molecule has 2 heterocycles. The summed E-state index contributed by atoms with van der Waals surface area (Å²) >= 11 is 0. The first-order valence-electron chi connectivity index (χ1n) is 6.77. The van der Waals surface area contributed by atoms with Crippen molar-refractivity contribution in [1.82, 2.24) is 25.2 Å². The third-order valence-electron chi connectivity index (χ3n) is 3.08. The van der Waals surface area contributed by atoms with E-state index in [0.29, 0.717) is 26.2 Å². The maximum absolute atomic E-state index is 11.8. The molecule has 1 aliphatic rings. The predicted molar refractivity (Wildman–Crippen MR) is 72.1 cm³/mol. The molecule has 21 heavy (non-hydrogen) atoms. The van der Waals surface area contributed by atoms with Crippen LogP contribution in [0.15, 0.2) is 6.20 Å². The molecule has 2 amide bonds. The van der Waals surface area contributed by atoms with Crippen molar-refractivity contribution in [3.8, 4) is 0 Å². The van der Waals surface area contributed by atoms with Gasteiger partial charge in [0.1, 0.15) is 0 Å². The van der Waals surface area contributed by atoms with E-state index in [1.165, 1.54) is 10.9 Å². The highest BCUT2D eigenvalue weighted by atomic mass is 16.5. The summed E-state index contributed by atoms with van der Waals surface area (Å²) in [4.78, 5) is 24.1. The lowest BCUT2D eigenvalue weighted by Crippen LogP contribution is -2.54. The molecule has 0 saturated carbocycles. The van der Waals surface area contributed by atoms with Crippen LogP contribution in [0.2, 0.25) is 0 Å². The number of carbonyl (C=O) groups excluding carboxylic acids is 1. The van der Waals surface area contributed by atoms with Gasteiger partial charge in [-0.15, -0.1) is 5.10 Å². The fraction of sp³-hybridized carbons (Fsp3) is 0.667. The first kappa shape index (κ1) is 15.2. The molecule has 1 fully saturated rings. The summed E-state index contributed by atoms with van der Waals surface area (Å²) in [5, 5.41) is 18.8. The standard InChI is InChI=1S/C12H19N5O4/c1-8(2)21-4-3-13-12(20)16-5-9(6-16)17-7-10(11(18)19)14-15-17/h7-9H,3-6H2,1-2H3,(H,13,20)(H,18,19). The molecule has 0 aromatic carbocycles. The number of nitrogens with one attached hydrogen (secondary N) is 1. The van der Waals surface area contributed by atoms with Crippen molar-refractivity contribution in [1.29, 1.82) is 0 Å². The second-order valence-electron chi connectivity index (χ2n) is 5.10. The molecule has 0 aliphatic carbocycles. The van der Waals surface area contributed by atoms with Gasteiger partial charge in [-0.1, -0.05) is 5.21 Å². The molecular formula is C12H19N5O4. The Labute approximate surface area is 121 Å². The first-order valence-corrected chi connectivity index (χ1v) is 6.77. The van der Waals surface area contributed by atoms with Crippen molar-refractivity contribution < 1.29 is 19.4 Å². The van der Waals surface area contributed by atoms with E-state index in [0.717, 1.165) is 0 Å². The second-order valence-corrected chi connectivity index (χ2v) is 5.10. The van der Waals surface area contributed by atoms with E-state index in [1.54, 1.807) is 4.90 Å². The van der Waals surface area contributed by atoms with Crippen molar-refractivity contribution in [3.05, 3.63) is 11.9 Å². The number of urea groups is 1. The zero-order chi connectivity index (χ0) is 15.4. The maximum atomic E-state index is 11.8. The normalized spacial score (nSPS) is 15.1. The Morgan fingerprint density at radius 1 is 1.52 bits per heavy atom. The van der Waals surface area contributed by atoms with Crippen LogP contribution >= 0.6 is 0 Å². The molecular weight excluding hydrogens is 278 g/mol. The Morgan fingerprint density at radius 3 is 2.81 bits per heavy atom. The fourth-order valence-electron chi connectivity index (χ4n) is 1.91. The maximum Gasteiger partial charge on any atom is 0.358 e. The molecule has 0 spiro atoms. The van der Waals surface area contributed by atoms with Crippen LogP contribution in [0.5, 0.6) is 0 Å². The molecule has 1 aliphatic heterocycles. The van der Waals surface area contributed by atoms with Crippen molar-refractivity contribution in [2.45, 2.75) is 26.0 Å². The number of carbonyl (C=O) groups is 2. The van der Waals surface area contributed by atoms with Gasteiger partial charge in [-0.3, -0.25) is 0 Å². The lowest BCUT2D eigenvalue weighted by atomic mass is 10.1. The van der Waals surface area contributed by atoms with Gasteiger partial charge in [-0.2, -0.15) is 0 Å². The van der Waals surface area contributed by atoms with E-state index in [4.69, 9.17) is 9.84 Å². The zero-order valence-electron chi connectivity index (χ0n) is 12.0. The molecule has 0 unspecified atom stereocenters. The lowest BCUT2D eigenvalue weighted by molar-refractivity contribution is 0.0690. The minimum Gasteiger partial charge on any atom is -0.476 e. The van der Waals surface area contributed by atoms with Gasteiger partial charge < -0.3 is 20.1 Å². The van der Waals surface area contributed by atoms with Crippen LogP contribution in [0.1, 0.15) is 30.4 Å². The smallest absolute Gasteiger partial charge is 0.358 e. The van der Waals surface area contributed by atoms with Gasteiger partial charge in [0.15, 0.2) is 5.69 Å².